The van der Waals surface area contributed by atoms with Gasteiger partial charge in [0.1, 0.15) is 11.3 Å². The number of sulfone groups is 1. The smallest absolute Gasteiger partial charge is 0.471 e. The van der Waals surface area contributed by atoms with Gasteiger partial charge in [0, 0.05) is 6.54 Å². The Balaban J connectivity index is 2.07. The lowest BCUT2D eigenvalue weighted by Crippen LogP contribution is -2.37. The van der Waals surface area contributed by atoms with E-state index in [-0.39, 0.29) is 22.8 Å². The summed E-state index contributed by atoms with van der Waals surface area (Å²) in [6.45, 7) is -0.191. The molecule has 0 aliphatic heterocycles. The zero-order chi connectivity index (χ0) is 21.8. The van der Waals surface area contributed by atoms with Gasteiger partial charge < -0.3 is 15.5 Å². The Morgan fingerprint density at radius 2 is 1.59 bits per heavy atom. The summed E-state index contributed by atoms with van der Waals surface area (Å²) in [5, 5.41) is 20.2. The van der Waals surface area contributed by atoms with E-state index in [1.165, 1.54) is 24.3 Å². The van der Waals surface area contributed by atoms with Crippen LogP contribution in [0.25, 0.3) is 0 Å². The van der Waals surface area contributed by atoms with Gasteiger partial charge in [-0.2, -0.15) is 13.2 Å². The van der Waals surface area contributed by atoms with E-state index in [0.717, 1.165) is 18.2 Å². The second kappa shape index (κ2) is 8.52. The number of carbonyl (C=O) groups is 2. The van der Waals surface area contributed by atoms with Crippen LogP contribution in [0.15, 0.2) is 52.3 Å². The number of hydrogen-bond donors (Lipinski definition) is 3. The van der Waals surface area contributed by atoms with Gasteiger partial charge >= 0.3 is 18.1 Å². The number of amides is 1. The van der Waals surface area contributed by atoms with Gasteiger partial charge in [-0.05, 0) is 48.7 Å². The summed E-state index contributed by atoms with van der Waals surface area (Å²) in [5.74, 6) is -4.06. The second-order valence-electron chi connectivity index (χ2n) is 5.99. The van der Waals surface area contributed by atoms with Crippen molar-refractivity contribution in [3.8, 4) is 5.75 Å². The Bertz CT molecular complexity index is 1020. The van der Waals surface area contributed by atoms with Gasteiger partial charge in [0.25, 0.3) is 0 Å². The zero-order valence-electron chi connectivity index (χ0n) is 14.7. The van der Waals surface area contributed by atoms with Gasteiger partial charge in [-0.15, -0.1) is 0 Å². The first-order valence-electron chi connectivity index (χ1n) is 8.18. The highest BCUT2D eigenvalue weighted by molar-refractivity contribution is 7.91. The number of aromatic hydroxyl groups is 1. The number of phenols is 1. The van der Waals surface area contributed by atoms with E-state index in [1.807, 2.05) is 0 Å². The van der Waals surface area contributed by atoms with Gasteiger partial charge in [-0.1, -0.05) is 12.1 Å². The minimum Gasteiger partial charge on any atom is -0.507 e. The molecule has 1 amide bonds. The first-order valence-corrected chi connectivity index (χ1v) is 9.66. The molecule has 0 aliphatic rings. The van der Waals surface area contributed by atoms with Crippen LogP contribution in [0.4, 0.5) is 13.2 Å². The van der Waals surface area contributed by atoms with Crippen LogP contribution in [0, 0.1) is 0 Å². The van der Waals surface area contributed by atoms with Gasteiger partial charge in [0.15, 0.2) is 0 Å². The molecule has 0 atom stereocenters. The Morgan fingerprint density at radius 1 is 1.00 bits per heavy atom. The lowest BCUT2D eigenvalue weighted by atomic mass is 10.1. The number of aryl methyl sites for hydroxylation is 1. The van der Waals surface area contributed by atoms with Gasteiger partial charge in [0.05, 0.1) is 9.79 Å². The number of aromatic carboxylic acids is 1. The molecule has 29 heavy (non-hydrogen) atoms. The summed E-state index contributed by atoms with van der Waals surface area (Å²) in [6.07, 6.45) is -4.42. The van der Waals surface area contributed by atoms with Gasteiger partial charge in [-0.25, -0.2) is 13.2 Å². The van der Waals surface area contributed by atoms with Crippen molar-refractivity contribution in [3.05, 3.63) is 53.6 Å². The third kappa shape index (κ3) is 5.47. The highest BCUT2D eigenvalue weighted by Gasteiger charge is 2.38. The fraction of sp³-hybridized carbons (Fsp3) is 0.222. The Morgan fingerprint density at radius 3 is 2.14 bits per heavy atom. The van der Waals surface area contributed by atoms with Crippen LogP contribution in [-0.2, 0) is 21.1 Å². The lowest BCUT2D eigenvalue weighted by molar-refractivity contribution is -0.173. The van der Waals surface area contributed by atoms with Crippen molar-refractivity contribution in [3.63, 3.8) is 0 Å². The topological polar surface area (TPSA) is 121 Å². The van der Waals surface area contributed by atoms with E-state index in [1.54, 1.807) is 5.32 Å². The zero-order valence-corrected chi connectivity index (χ0v) is 15.5. The van der Waals surface area contributed by atoms with E-state index < -0.39 is 39.2 Å². The van der Waals surface area contributed by atoms with Crippen molar-refractivity contribution in [2.45, 2.75) is 28.8 Å². The number of benzene rings is 2. The third-order valence-electron chi connectivity index (χ3n) is 3.93. The van der Waals surface area contributed by atoms with Crippen LogP contribution in [-0.4, -0.2) is 43.2 Å². The molecule has 0 radical (unpaired) electrons. The fourth-order valence-corrected chi connectivity index (χ4v) is 3.71. The summed E-state index contributed by atoms with van der Waals surface area (Å²) in [4.78, 5) is 21.3. The molecular weight excluding hydrogens is 415 g/mol. The number of rotatable bonds is 7. The van der Waals surface area contributed by atoms with Crippen molar-refractivity contribution in [1.29, 1.82) is 0 Å². The highest BCUT2D eigenvalue weighted by atomic mass is 32.2. The van der Waals surface area contributed by atoms with E-state index in [2.05, 4.69) is 0 Å². The fourth-order valence-electron chi connectivity index (χ4n) is 2.42. The highest BCUT2D eigenvalue weighted by Crippen LogP contribution is 2.26. The average Bonchev–Trinajstić information content (AvgIpc) is 2.64. The Kier molecular flexibility index (Phi) is 6.52. The number of carboxylic acids is 1. The molecule has 0 saturated heterocycles. The first-order chi connectivity index (χ1) is 13.4. The number of hydrogen-bond acceptors (Lipinski definition) is 5. The van der Waals surface area contributed by atoms with Crippen molar-refractivity contribution in [2.75, 3.05) is 6.54 Å². The van der Waals surface area contributed by atoms with Crippen molar-refractivity contribution in [1.82, 2.24) is 5.32 Å². The maximum Gasteiger partial charge on any atom is 0.471 e. The van der Waals surface area contributed by atoms with Crippen molar-refractivity contribution in [2.24, 2.45) is 0 Å². The standard InChI is InChI=1S/C18H16F3NO6S/c19-18(20,21)17(26)22-9-1-2-11-3-5-12(6-4-11)29(27,28)13-7-8-15(23)14(10-13)16(24)25/h3-8,10,23H,1-2,9H2,(H,22,26)(H,24,25). The van der Waals surface area contributed by atoms with Gasteiger partial charge in [0.2, 0.25) is 9.84 Å². The largest absolute Gasteiger partial charge is 0.507 e. The molecule has 0 fully saturated rings. The van der Waals surface area contributed by atoms with E-state index >= 15 is 0 Å². The van der Waals surface area contributed by atoms with Crippen LogP contribution in [0.3, 0.4) is 0 Å². The summed E-state index contributed by atoms with van der Waals surface area (Å²) in [5.41, 5.74) is 0.0886. The predicted molar refractivity (Wildman–Crippen MR) is 94.3 cm³/mol. The minimum absolute atomic E-state index is 0.117. The van der Waals surface area contributed by atoms with Crippen LogP contribution in [0.2, 0.25) is 0 Å². The third-order valence-corrected chi connectivity index (χ3v) is 5.69. The molecule has 0 aromatic heterocycles. The minimum atomic E-state index is -4.94. The van der Waals surface area contributed by atoms with Crippen LogP contribution >= 0.6 is 0 Å². The number of carbonyl (C=O) groups excluding carboxylic acids is 1. The molecular formula is C18H16F3NO6S. The summed E-state index contributed by atoms with van der Waals surface area (Å²) in [6, 6.07) is 8.41. The van der Waals surface area contributed by atoms with E-state index in [4.69, 9.17) is 5.11 Å². The molecule has 0 heterocycles. The Labute approximate surface area is 163 Å². The summed E-state index contributed by atoms with van der Waals surface area (Å²) < 4.78 is 61.5. The maximum absolute atomic E-state index is 12.6. The molecule has 0 bridgehead atoms. The second-order valence-corrected chi connectivity index (χ2v) is 7.94. The monoisotopic (exact) mass is 431 g/mol. The molecule has 0 spiro atoms. The van der Waals surface area contributed by atoms with Gasteiger partial charge in [-0.3, -0.25) is 4.79 Å². The average molecular weight is 431 g/mol. The molecule has 0 unspecified atom stereocenters. The molecule has 2 aromatic rings. The first kappa shape index (κ1) is 22.2. The van der Waals surface area contributed by atoms with Crippen LogP contribution in [0.1, 0.15) is 22.3 Å². The Hall–Kier alpha value is -3.08. The molecule has 0 saturated carbocycles. The SMILES string of the molecule is O=C(O)c1cc(S(=O)(=O)c2ccc(CCCNC(=O)C(F)(F)F)cc2)ccc1O. The molecule has 7 nitrogen and oxygen atoms in total. The quantitative estimate of drug-likeness (QED) is 0.580. The number of carboxylic acid groups (broad SMARTS) is 1. The molecule has 2 rings (SSSR count). The van der Waals surface area contributed by atoms with Crippen LogP contribution < -0.4 is 5.32 Å². The predicted octanol–water partition coefficient (Wildman–Crippen LogP) is 2.53. The normalized spacial score (nSPS) is 11.8. The molecule has 156 valence electrons. The lowest BCUT2D eigenvalue weighted by Gasteiger charge is -2.09. The number of nitrogens with one attached hydrogen (secondary N) is 1. The molecule has 0 aliphatic carbocycles. The molecule has 2 aromatic carbocycles. The maximum atomic E-state index is 12.6. The van der Waals surface area contributed by atoms with Crippen molar-refractivity contribution < 1.29 is 41.4 Å². The summed E-state index contributed by atoms with van der Waals surface area (Å²) in [7, 11) is -4.04. The van der Waals surface area contributed by atoms with E-state index in [0.29, 0.717) is 12.0 Å². The molecule has 11 heteroatoms. The summed E-state index contributed by atoms with van der Waals surface area (Å²) >= 11 is 0. The van der Waals surface area contributed by atoms with E-state index in [9.17, 15) is 36.3 Å². The number of alkyl halides is 3. The number of halogens is 3. The van der Waals surface area contributed by atoms with Crippen molar-refractivity contribution >= 4 is 21.7 Å². The molecule has 3 N–H and O–H groups in total. The van der Waals surface area contributed by atoms with Crippen LogP contribution in [0.5, 0.6) is 5.75 Å².